The van der Waals surface area contributed by atoms with Crippen LogP contribution in [0.25, 0.3) is 27.5 Å². The van der Waals surface area contributed by atoms with Crippen LogP contribution >= 0.6 is 0 Å². The van der Waals surface area contributed by atoms with Crippen LogP contribution in [0.3, 0.4) is 0 Å². The quantitative estimate of drug-likeness (QED) is 0.237. The number of anilines is 1. The number of aromatic nitrogens is 1. The summed E-state index contributed by atoms with van der Waals surface area (Å²) in [5, 5.41) is 1.15. The molecule has 4 rings (SSSR count). The Labute approximate surface area is 192 Å². The topological polar surface area (TPSA) is 34.0 Å². The Kier molecular flexibility index (Phi) is 5.55. The van der Waals surface area contributed by atoms with Gasteiger partial charge < -0.3 is 8.97 Å². The molecule has 0 aliphatic heterocycles. The molecule has 0 spiro atoms. The Hall–Kier alpha value is -2.84. The molecule has 0 bridgehead atoms. The highest BCUT2D eigenvalue weighted by Crippen LogP contribution is 2.43. The fourth-order valence-electron chi connectivity index (χ4n) is 5.03. The van der Waals surface area contributed by atoms with Crippen molar-refractivity contribution in [3.63, 3.8) is 0 Å². The number of methoxy groups -OCH3 is 1. The molecule has 4 nitrogen and oxygen atoms in total. The minimum atomic E-state index is -1.88. The molecule has 2 aromatic carbocycles. The minimum Gasteiger partial charge on any atom is -0.465 e. The van der Waals surface area contributed by atoms with Gasteiger partial charge in [-0.25, -0.2) is 4.79 Å². The highest BCUT2D eigenvalue weighted by atomic mass is 28.4. The summed E-state index contributed by atoms with van der Waals surface area (Å²) in [5.41, 5.74) is 4.78. The smallest absolute Gasteiger partial charge is 0.342 e. The average Bonchev–Trinajstić information content (AvgIpc) is 3.06. The van der Waals surface area contributed by atoms with Crippen LogP contribution in [0.5, 0.6) is 0 Å². The molecule has 2 aromatic heterocycles. The van der Waals surface area contributed by atoms with Crippen LogP contribution in [0.1, 0.15) is 10.4 Å². The van der Waals surface area contributed by atoms with Gasteiger partial charge in [-0.1, -0.05) is 93.9 Å². The summed E-state index contributed by atoms with van der Waals surface area (Å²) in [6.07, 6.45) is 0. The van der Waals surface area contributed by atoms with Crippen molar-refractivity contribution in [1.82, 2.24) is 4.40 Å². The van der Waals surface area contributed by atoms with E-state index in [1.54, 1.807) is 0 Å². The van der Waals surface area contributed by atoms with Gasteiger partial charge in [0, 0.05) is 5.56 Å². The van der Waals surface area contributed by atoms with Gasteiger partial charge >= 0.3 is 5.97 Å². The van der Waals surface area contributed by atoms with Crippen molar-refractivity contribution in [2.75, 3.05) is 11.3 Å². The van der Waals surface area contributed by atoms with E-state index in [9.17, 15) is 4.79 Å². The lowest BCUT2D eigenvalue weighted by Crippen LogP contribution is -2.60. The Morgan fingerprint density at radius 2 is 1.38 bits per heavy atom. The van der Waals surface area contributed by atoms with Gasteiger partial charge in [0.2, 0.25) is 0 Å². The van der Waals surface area contributed by atoms with Gasteiger partial charge in [0.25, 0.3) is 0 Å². The SMILES string of the molecule is COC(=O)c1c(-c2ccccc2)c2ccc3ccccc3n2c1N([Si](C)(C)C)[Si](C)(C)C. The summed E-state index contributed by atoms with van der Waals surface area (Å²) >= 11 is 0. The molecule has 166 valence electrons. The maximum absolute atomic E-state index is 13.5. The lowest BCUT2D eigenvalue weighted by molar-refractivity contribution is 0.0603. The van der Waals surface area contributed by atoms with E-state index in [1.165, 1.54) is 7.11 Å². The number of rotatable bonds is 5. The number of pyridine rings is 1. The second kappa shape index (κ2) is 7.94. The zero-order valence-corrected chi connectivity index (χ0v) is 22.1. The van der Waals surface area contributed by atoms with Gasteiger partial charge in [-0.3, -0.25) is 4.40 Å². The van der Waals surface area contributed by atoms with Crippen LogP contribution in [0.2, 0.25) is 39.3 Å². The molecule has 0 radical (unpaired) electrons. The lowest BCUT2D eigenvalue weighted by Gasteiger charge is -2.46. The molecule has 32 heavy (non-hydrogen) atoms. The van der Waals surface area contributed by atoms with E-state index in [0.29, 0.717) is 5.56 Å². The minimum absolute atomic E-state index is 0.284. The van der Waals surface area contributed by atoms with Crippen molar-refractivity contribution in [3.05, 3.63) is 72.3 Å². The Bertz CT molecular complexity index is 1280. The highest BCUT2D eigenvalue weighted by molar-refractivity contribution is 6.99. The molecule has 0 aliphatic carbocycles. The van der Waals surface area contributed by atoms with Gasteiger partial charge in [0.1, 0.15) is 27.9 Å². The molecule has 0 atom stereocenters. The number of ether oxygens (including phenoxy) is 1. The molecule has 0 saturated heterocycles. The number of hydrogen-bond donors (Lipinski definition) is 0. The maximum atomic E-state index is 13.5. The first-order chi connectivity index (χ1) is 15.1. The van der Waals surface area contributed by atoms with E-state index in [2.05, 4.69) is 96.4 Å². The highest BCUT2D eigenvalue weighted by Gasteiger charge is 2.40. The first-order valence-corrected chi connectivity index (χ1v) is 18.0. The third-order valence-electron chi connectivity index (χ3n) is 5.79. The second-order valence-electron chi connectivity index (χ2n) is 10.2. The maximum Gasteiger partial charge on any atom is 0.342 e. The number of nitrogens with zero attached hydrogens (tertiary/aromatic N) is 2. The molecule has 0 N–H and O–H groups in total. The van der Waals surface area contributed by atoms with E-state index >= 15 is 0 Å². The molecule has 6 heteroatoms. The van der Waals surface area contributed by atoms with Gasteiger partial charge in [0.05, 0.1) is 18.1 Å². The van der Waals surface area contributed by atoms with Crippen molar-refractivity contribution >= 4 is 44.7 Å². The van der Waals surface area contributed by atoms with Crippen molar-refractivity contribution in [3.8, 4) is 11.1 Å². The third-order valence-corrected chi connectivity index (χ3v) is 12.9. The molecular formula is C26H32N2O2Si2. The summed E-state index contributed by atoms with van der Waals surface area (Å²) in [6.45, 7) is 14.2. The Balaban J connectivity index is 2.31. The van der Waals surface area contributed by atoms with Crippen LogP contribution < -0.4 is 4.23 Å². The van der Waals surface area contributed by atoms with E-state index in [-0.39, 0.29) is 5.97 Å². The fourth-order valence-corrected chi connectivity index (χ4v) is 14.8. The predicted octanol–water partition coefficient (Wildman–Crippen LogP) is 7.02. The largest absolute Gasteiger partial charge is 0.465 e. The lowest BCUT2D eigenvalue weighted by atomic mass is 10.0. The molecule has 2 heterocycles. The predicted molar refractivity (Wildman–Crippen MR) is 141 cm³/mol. The Morgan fingerprint density at radius 1 is 0.781 bits per heavy atom. The first kappa shape index (κ1) is 22.4. The van der Waals surface area contributed by atoms with Gasteiger partial charge in [-0.2, -0.15) is 0 Å². The number of benzene rings is 2. The van der Waals surface area contributed by atoms with E-state index < -0.39 is 16.5 Å². The normalized spacial score (nSPS) is 12.3. The Morgan fingerprint density at radius 3 is 1.97 bits per heavy atom. The summed E-state index contributed by atoms with van der Waals surface area (Å²) < 4.78 is 10.3. The average molecular weight is 461 g/mol. The zero-order chi connectivity index (χ0) is 23.3. The van der Waals surface area contributed by atoms with Crippen LogP contribution in [0.15, 0.2) is 66.7 Å². The van der Waals surface area contributed by atoms with Crippen LogP contribution in [-0.2, 0) is 4.74 Å². The monoisotopic (exact) mass is 460 g/mol. The van der Waals surface area contributed by atoms with Crippen molar-refractivity contribution in [2.24, 2.45) is 0 Å². The van der Waals surface area contributed by atoms with Crippen molar-refractivity contribution in [1.29, 1.82) is 0 Å². The van der Waals surface area contributed by atoms with E-state index in [1.807, 2.05) is 18.2 Å². The number of para-hydroxylation sites is 1. The van der Waals surface area contributed by atoms with E-state index in [0.717, 1.165) is 33.4 Å². The number of carbonyl (C=O) groups is 1. The summed E-state index contributed by atoms with van der Waals surface area (Å²) in [7, 11) is -2.28. The summed E-state index contributed by atoms with van der Waals surface area (Å²) in [4.78, 5) is 13.5. The van der Waals surface area contributed by atoms with Gasteiger partial charge in [-0.05, 0) is 23.1 Å². The van der Waals surface area contributed by atoms with Crippen LogP contribution in [-0.4, -0.2) is 34.0 Å². The molecule has 0 amide bonds. The zero-order valence-electron chi connectivity index (χ0n) is 20.1. The number of fused-ring (bicyclic) bond motifs is 3. The number of carbonyl (C=O) groups excluding carboxylic acids is 1. The molecule has 0 fully saturated rings. The molecule has 0 unspecified atom stereocenters. The van der Waals surface area contributed by atoms with E-state index in [4.69, 9.17) is 4.74 Å². The molecule has 0 saturated carbocycles. The van der Waals surface area contributed by atoms with Gasteiger partial charge in [-0.15, -0.1) is 0 Å². The molecule has 4 aromatic rings. The number of esters is 1. The molecular weight excluding hydrogens is 428 g/mol. The standard InChI is InChI=1S/C26H32N2O2Si2/c1-30-26(29)24-23(20-14-9-8-10-15-20)22-18-17-19-13-11-12-16-21(19)27(22)25(24)28(31(2,3)4)32(5,6)7/h8-18H,1-7H3. The van der Waals surface area contributed by atoms with Crippen molar-refractivity contribution < 1.29 is 9.53 Å². The summed E-state index contributed by atoms with van der Waals surface area (Å²) in [6, 6.07) is 22.9. The van der Waals surface area contributed by atoms with Crippen LogP contribution in [0, 0.1) is 0 Å². The van der Waals surface area contributed by atoms with Crippen LogP contribution in [0.4, 0.5) is 5.82 Å². The third kappa shape index (κ3) is 3.67. The second-order valence-corrected chi connectivity index (χ2v) is 20.2. The summed E-state index contributed by atoms with van der Waals surface area (Å²) in [5.74, 6) is 0.703. The fraction of sp³-hybridized carbons (Fsp3) is 0.269. The number of hydrogen-bond acceptors (Lipinski definition) is 3. The molecule has 0 aliphatic rings. The van der Waals surface area contributed by atoms with Gasteiger partial charge in [0.15, 0.2) is 0 Å². The first-order valence-electron chi connectivity index (χ1n) is 11.1. The van der Waals surface area contributed by atoms with Crippen molar-refractivity contribution in [2.45, 2.75) is 39.3 Å².